The smallest absolute Gasteiger partial charge is 0.339 e. The molecule has 1 unspecified atom stereocenters. The second-order valence-electron chi connectivity index (χ2n) is 2.91. The molecule has 16 heavy (non-hydrogen) atoms. The molecule has 0 aliphatic carbocycles. The van der Waals surface area contributed by atoms with E-state index in [0.29, 0.717) is 9.34 Å². The summed E-state index contributed by atoms with van der Waals surface area (Å²) in [6.07, 6.45) is 1.38. The number of aliphatic hydroxyl groups is 1. The second kappa shape index (κ2) is 4.25. The van der Waals surface area contributed by atoms with Gasteiger partial charge in [0.15, 0.2) is 11.9 Å². The summed E-state index contributed by atoms with van der Waals surface area (Å²) in [6, 6.07) is 1.27. The predicted molar refractivity (Wildman–Crippen MR) is 56.9 cm³/mol. The van der Waals surface area contributed by atoms with Gasteiger partial charge in [0.1, 0.15) is 14.9 Å². The zero-order chi connectivity index (χ0) is 11.7. The monoisotopic (exact) mass is 259 g/mol. The highest BCUT2D eigenvalue weighted by Gasteiger charge is 2.24. The van der Waals surface area contributed by atoms with Crippen LogP contribution in [0.25, 0.3) is 0 Å². The van der Waals surface area contributed by atoms with Crippen molar-refractivity contribution < 1.29 is 19.4 Å². The molecule has 5 nitrogen and oxygen atoms in total. The molecular weight excluding hydrogens is 254 g/mol. The minimum absolute atomic E-state index is 0.0430. The molecule has 0 aliphatic rings. The second-order valence-corrected chi connectivity index (χ2v) is 4.60. The average Bonchev–Trinajstić information content (AvgIpc) is 2.84. The van der Waals surface area contributed by atoms with Gasteiger partial charge in [-0.15, -0.1) is 11.3 Å². The predicted octanol–water partition coefficient (Wildman–Crippen LogP) is 2.17. The van der Waals surface area contributed by atoms with Crippen LogP contribution in [0.3, 0.4) is 0 Å². The Kier molecular flexibility index (Phi) is 2.95. The highest BCUT2D eigenvalue weighted by Crippen LogP contribution is 2.30. The summed E-state index contributed by atoms with van der Waals surface area (Å²) >= 11 is 6.73. The Balaban J connectivity index is 2.37. The van der Waals surface area contributed by atoms with E-state index in [2.05, 4.69) is 4.98 Å². The molecule has 1 atom stereocenters. The van der Waals surface area contributed by atoms with Crippen molar-refractivity contribution in [2.24, 2.45) is 0 Å². The van der Waals surface area contributed by atoms with Gasteiger partial charge in [-0.25, -0.2) is 9.78 Å². The van der Waals surface area contributed by atoms with Crippen LogP contribution >= 0.6 is 22.9 Å². The average molecular weight is 260 g/mol. The fourth-order valence-corrected chi connectivity index (χ4v) is 2.13. The van der Waals surface area contributed by atoms with Gasteiger partial charge >= 0.3 is 5.97 Å². The van der Waals surface area contributed by atoms with E-state index in [1.807, 2.05) is 0 Å². The van der Waals surface area contributed by atoms with Gasteiger partial charge in [-0.1, -0.05) is 11.6 Å². The topological polar surface area (TPSA) is 83.6 Å². The first kappa shape index (κ1) is 11.1. The Labute approximate surface area is 98.9 Å². The number of aromatic carboxylic acids is 1. The highest BCUT2D eigenvalue weighted by atomic mass is 35.5. The summed E-state index contributed by atoms with van der Waals surface area (Å²) in [4.78, 5) is 14.7. The van der Waals surface area contributed by atoms with Crippen molar-refractivity contribution in [3.63, 3.8) is 0 Å². The molecule has 2 aromatic rings. The third-order valence-electron chi connectivity index (χ3n) is 1.90. The lowest BCUT2D eigenvalue weighted by Crippen LogP contribution is -2.05. The molecule has 7 heteroatoms. The van der Waals surface area contributed by atoms with Crippen molar-refractivity contribution in [2.45, 2.75) is 6.10 Å². The van der Waals surface area contributed by atoms with E-state index in [1.54, 1.807) is 0 Å². The van der Waals surface area contributed by atoms with Gasteiger partial charge in [-0.05, 0) is 6.07 Å². The molecule has 2 N–H and O–H groups in total. The number of rotatable bonds is 3. The van der Waals surface area contributed by atoms with E-state index in [0.717, 1.165) is 11.3 Å². The third-order valence-corrected chi connectivity index (χ3v) is 3.07. The Morgan fingerprint density at radius 2 is 2.38 bits per heavy atom. The maximum atomic E-state index is 10.8. The molecule has 0 saturated heterocycles. The Morgan fingerprint density at radius 1 is 1.62 bits per heavy atom. The number of thiazole rings is 1. The SMILES string of the molecule is O=C(O)c1ccoc1C(O)c1ncc(Cl)s1. The molecule has 2 aromatic heterocycles. The quantitative estimate of drug-likeness (QED) is 0.883. The van der Waals surface area contributed by atoms with E-state index in [1.165, 1.54) is 18.5 Å². The first-order valence-corrected chi connectivity index (χ1v) is 5.39. The van der Waals surface area contributed by atoms with Gasteiger partial charge in [-0.3, -0.25) is 0 Å². The number of carbonyl (C=O) groups is 1. The van der Waals surface area contributed by atoms with E-state index in [4.69, 9.17) is 21.1 Å². The van der Waals surface area contributed by atoms with Crippen molar-refractivity contribution in [1.29, 1.82) is 0 Å². The van der Waals surface area contributed by atoms with Crippen LogP contribution in [-0.2, 0) is 0 Å². The van der Waals surface area contributed by atoms with Gasteiger partial charge in [0.2, 0.25) is 0 Å². The Bertz CT molecular complexity index is 521. The molecule has 0 bridgehead atoms. The van der Waals surface area contributed by atoms with Crippen LogP contribution < -0.4 is 0 Å². The van der Waals surface area contributed by atoms with Gasteiger partial charge in [0.05, 0.1) is 12.5 Å². The minimum atomic E-state index is -1.21. The molecular formula is C9H6ClNO4S. The van der Waals surface area contributed by atoms with Crippen LogP contribution in [0.1, 0.15) is 27.2 Å². The van der Waals surface area contributed by atoms with Crippen LogP contribution in [-0.4, -0.2) is 21.2 Å². The van der Waals surface area contributed by atoms with Crippen LogP contribution in [0.15, 0.2) is 22.9 Å². The van der Waals surface area contributed by atoms with Gasteiger partial charge in [-0.2, -0.15) is 0 Å². The molecule has 0 spiro atoms. The first-order chi connectivity index (χ1) is 7.59. The van der Waals surface area contributed by atoms with Crippen LogP contribution in [0.4, 0.5) is 0 Å². The maximum absolute atomic E-state index is 10.8. The number of halogens is 1. The van der Waals surface area contributed by atoms with Crippen LogP contribution in [0.2, 0.25) is 4.34 Å². The summed E-state index contributed by atoms with van der Waals surface area (Å²) in [5.41, 5.74) is -0.0844. The molecule has 2 heterocycles. The zero-order valence-corrected chi connectivity index (χ0v) is 9.33. The number of hydrogen-bond donors (Lipinski definition) is 2. The van der Waals surface area contributed by atoms with Crippen molar-refractivity contribution in [2.75, 3.05) is 0 Å². The van der Waals surface area contributed by atoms with E-state index in [9.17, 15) is 9.90 Å². The molecule has 0 saturated carbocycles. The van der Waals surface area contributed by atoms with Gasteiger partial charge < -0.3 is 14.6 Å². The Hall–Kier alpha value is -1.37. The summed E-state index contributed by atoms with van der Waals surface area (Å²) in [6.45, 7) is 0. The molecule has 0 aromatic carbocycles. The standard InChI is InChI=1S/C9H6ClNO4S/c10-5-3-11-8(16-5)6(12)7-4(9(13)14)1-2-15-7/h1-3,6,12H,(H,13,14). The first-order valence-electron chi connectivity index (χ1n) is 4.19. The van der Waals surface area contributed by atoms with Gasteiger partial charge in [0.25, 0.3) is 0 Å². The van der Waals surface area contributed by atoms with Crippen molar-refractivity contribution >= 4 is 28.9 Å². The summed E-state index contributed by atoms with van der Waals surface area (Å²) < 4.78 is 5.36. The summed E-state index contributed by atoms with van der Waals surface area (Å²) in [5, 5.41) is 19.0. The molecule has 0 amide bonds. The number of aliphatic hydroxyl groups excluding tert-OH is 1. The maximum Gasteiger partial charge on any atom is 0.339 e. The van der Waals surface area contributed by atoms with E-state index in [-0.39, 0.29) is 11.3 Å². The molecule has 84 valence electrons. The lowest BCUT2D eigenvalue weighted by Gasteiger charge is -2.04. The van der Waals surface area contributed by atoms with Crippen LogP contribution in [0, 0.1) is 0 Å². The fraction of sp³-hybridized carbons (Fsp3) is 0.111. The zero-order valence-electron chi connectivity index (χ0n) is 7.75. The fourth-order valence-electron chi connectivity index (χ4n) is 1.21. The van der Waals surface area contributed by atoms with E-state index < -0.39 is 12.1 Å². The molecule has 0 aliphatic heterocycles. The lowest BCUT2D eigenvalue weighted by molar-refractivity contribution is 0.0687. The van der Waals surface area contributed by atoms with Gasteiger partial charge in [0, 0.05) is 0 Å². The summed E-state index contributed by atoms with van der Waals surface area (Å²) in [5.74, 6) is -1.20. The number of aromatic nitrogens is 1. The normalized spacial score (nSPS) is 12.6. The van der Waals surface area contributed by atoms with Crippen molar-refractivity contribution in [3.8, 4) is 0 Å². The third kappa shape index (κ3) is 1.95. The largest absolute Gasteiger partial charge is 0.478 e. The number of furan rings is 1. The van der Waals surface area contributed by atoms with Crippen molar-refractivity contribution in [3.05, 3.63) is 39.2 Å². The number of hydrogen-bond acceptors (Lipinski definition) is 5. The highest BCUT2D eigenvalue weighted by molar-refractivity contribution is 7.15. The summed E-state index contributed by atoms with van der Waals surface area (Å²) in [7, 11) is 0. The van der Waals surface area contributed by atoms with E-state index >= 15 is 0 Å². The Morgan fingerprint density at radius 3 is 2.94 bits per heavy atom. The lowest BCUT2D eigenvalue weighted by atomic mass is 10.2. The molecule has 2 rings (SSSR count). The minimum Gasteiger partial charge on any atom is -0.478 e. The number of nitrogens with zero attached hydrogens (tertiary/aromatic N) is 1. The van der Waals surface area contributed by atoms with Crippen LogP contribution in [0.5, 0.6) is 0 Å². The molecule has 0 radical (unpaired) electrons. The number of carboxylic acid groups (broad SMARTS) is 1. The molecule has 0 fully saturated rings. The van der Waals surface area contributed by atoms with Crippen molar-refractivity contribution in [1.82, 2.24) is 4.98 Å². The number of carboxylic acids is 1.